The molecule has 1 atom stereocenters. The van der Waals surface area contributed by atoms with E-state index in [2.05, 4.69) is 4.99 Å². The average molecular weight is 275 g/mol. The maximum Gasteiger partial charge on any atom is 0.320 e. The highest BCUT2D eigenvalue weighted by molar-refractivity contribution is 5.91. The molecular formula is C9H21N7O3. The van der Waals surface area contributed by atoms with Crippen molar-refractivity contribution in [3.8, 4) is 0 Å². The Bertz CT molecular complexity index is 350. The molecule has 110 valence electrons. The van der Waals surface area contributed by atoms with Gasteiger partial charge in [0.15, 0.2) is 5.96 Å². The summed E-state index contributed by atoms with van der Waals surface area (Å²) in [5, 5.41) is 15.3. The molecule has 0 saturated heterocycles. The quantitative estimate of drug-likeness (QED) is 0.239. The molecule has 1 amide bonds. The van der Waals surface area contributed by atoms with Crippen LogP contribution in [0.5, 0.6) is 0 Å². The van der Waals surface area contributed by atoms with Gasteiger partial charge in [-0.2, -0.15) is 4.99 Å². The first-order valence-electron chi connectivity index (χ1n) is 5.20. The van der Waals surface area contributed by atoms with E-state index in [-0.39, 0.29) is 24.8 Å². The Morgan fingerprint density at radius 1 is 1.32 bits per heavy atom. The van der Waals surface area contributed by atoms with Crippen molar-refractivity contribution in [3.63, 3.8) is 0 Å². The fourth-order valence-corrected chi connectivity index (χ4v) is 0.644. The average Bonchev–Trinajstić information content (AvgIpc) is 2.25. The molecule has 0 aromatic heterocycles. The summed E-state index contributed by atoms with van der Waals surface area (Å²) < 4.78 is 0. The van der Waals surface area contributed by atoms with Gasteiger partial charge in [-0.15, -0.1) is 0 Å². The van der Waals surface area contributed by atoms with Crippen LogP contribution in [0.25, 0.3) is 0 Å². The maximum absolute atomic E-state index is 10.1. The number of carbonyl (C=O) groups is 2. The van der Waals surface area contributed by atoms with Gasteiger partial charge in [-0.1, -0.05) is 0 Å². The maximum atomic E-state index is 10.1. The highest BCUT2D eigenvalue weighted by Gasteiger charge is 2.11. The van der Waals surface area contributed by atoms with Crippen LogP contribution in [0.1, 0.15) is 12.8 Å². The summed E-state index contributed by atoms with van der Waals surface area (Å²) in [4.78, 5) is 25.1. The van der Waals surface area contributed by atoms with Crippen LogP contribution in [0, 0.1) is 5.41 Å². The van der Waals surface area contributed by atoms with Crippen LogP contribution in [0.3, 0.4) is 0 Å². The van der Waals surface area contributed by atoms with Crippen molar-refractivity contribution < 1.29 is 14.7 Å². The minimum Gasteiger partial charge on any atom is -0.480 e. The highest BCUT2D eigenvalue weighted by atomic mass is 16.4. The summed E-state index contributed by atoms with van der Waals surface area (Å²) in [6.07, 6.45) is 0.123. The van der Waals surface area contributed by atoms with E-state index in [1.165, 1.54) is 4.90 Å². The molecule has 0 spiro atoms. The van der Waals surface area contributed by atoms with Crippen LogP contribution in [0.15, 0.2) is 4.99 Å². The van der Waals surface area contributed by atoms with Crippen molar-refractivity contribution in [2.45, 2.75) is 18.9 Å². The molecule has 10 N–H and O–H groups in total. The molecule has 0 heterocycles. The van der Waals surface area contributed by atoms with Gasteiger partial charge in [0.05, 0.1) is 0 Å². The van der Waals surface area contributed by atoms with E-state index in [0.717, 1.165) is 0 Å². The zero-order valence-corrected chi connectivity index (χ0v) is 11.0. The van der Waals surface area contributed by atoms with E-state index in [0.29, 0.717) is 0 Å². The normalized spacial score (nSPS) is 10.5. The third-order valence-corrected chi connectivity index (χ3v) is 1.68. The van der Waals surface area contributed by atoms with E-state index in [9.17, 15) is 9.59 Å². The fraction of sp³-hybridized carbons (Fsp3) is 0.556. The van der Waals surface area contributed by atoms with Crippen molar-refractivity contribution >= 4 is 23.8 Å². The number of nitrogens with zero attached hydrogens (tertiary/aromatic N) is 2. The molecule has 0 saturated carbocycles. The lowest BCUT2D eigenvalue weighted by molar-refractivity contribution is -0.138. The molecule has 10 nitrogen and oxygen atoms in total. The number of amides is 1. The molecule has 0 aliphatic rings. The second-order valence-electron chi connectivity index (χ2n) is 3.70. The van der Waals surface area contributed by atoms with Gasteiger partial charge in [-0.25, -0.2) is 0 Å². The Labute approximate surface area is 110 Å². The van der Waals surface area contributed by atoms with E-state index in [4.69, 9.17) is 33.5 Å². The predicted octanol–water partition coefficient (Wildman–Crippen LogP) is -2.58. The van der Waals surface area contributed by atoms with Crippen LogP contribution < -0.4 is 22.9 Å². The van der Waals surface area contributed by atoms with Gasteiger partial charge in [0.1, 0.15) is 6.04 Å². The third kappa shape index (κ3) is 13.6. The molecule has 0 fully saturated rings. The standard InChI is InChI=1S/C5H10N2O3.C4H11N5/c6-3(5(9)10)1-2-4(7)8;1-9(2)4(7)8-3(5)6/h3H,1-2,6H2,(H2,7,8)(H,9,10);1-2H3,(H5,5,6,7,8). The van der Waals surface area contributed by atoms with E-state index in [1.54, 1.807) is 14.1 Å². The number of nitrogens with one attached hydrogen (secondary N) is 1. The summed E-state index contributed by atoms with van der Waals surface area (Å²) in [7, 11) is 3.38. The van der Waals surface area contributed by atoms with Gasteiger partial charge in [-0.3, -0.25) is 15.0 Å². The number of rotatable bonds is 4. The summed E-state index contributed by atoms with van der Waals surface area (Å²) >= 11 is 0. The minimum absolute atomic E-state index is 0.0213. The molecule has 10 heteroatoms. The number of carboxylic acid groups (broad SMARTS) is 1. The predicted molar refractivity (Wildman–Crippen MR) is 71.3 cm³/mol. The largest absolute Gasteiger partial charge is 0.480 e. The fourth-order valence-electron chi connectivity index (χ4n) is 0.644. The molecule has 0 aliphatic carbocycles. The van der Waals surface area contributed by atoms with Gasteiger partial charge in [0, 0.05) is 20.5 Å². The summed E-state index contributed by atoms with van der Waals surface area (Å²) in [6, 6.07) is -0.979. The Hall–Kier alpha value is -2.36. The third-order valence-electron chi connectivity index (χ3n) is 1.68. The van der Waals surface area contributed by atoms with Crippen molar-refractivity contribution in [1.29, 1.82) is 5.41 Å². The van der Waals surface area contributed by atoms with Crippen LogP contribution in [-0.2, 0) is 9.59 Å². The number of primary amides is 1. The zero-order valence-electron chi connectivity index (χ0n) is 11.0. The molecule has 0 bridgehead atoms. The molecule has 19 heavy (non-hydrogen) atoms. The highest BCUT2D eigenvalue weighted by Crippen LogP contribution is 1.92. The first-order valence-corrected chi connectivity index (χ1v) is 5.20. The van der Waals surface area contributed by atoms with Gasteiger partial charge >= 0.3 is 5.97 Å². The Balaban J connectivity index is 0. The summed E-state index contributed by atoms with van der Waals surface area (Å²) in [5.74, 6) is -1.68. The molecule has 0 radical (unpaired) electrons. The molecule has 0 aromatic carbocycles. The molecule has 1 unspecified atom stereocenters. The Morgan fingerprint density at radius 2 is 1.79 bits per heavy atom. The lowest BCUT2D eigenvalue weighted by atomic mass is 10.2. The number of guanidine groups is 2. The molecule has 0 aliphatic heterocycles. The van der Waals surface area contributed by atoms with Crippen molar-refractivity contribution in [2.24, 2.45) is 27.9 Å². The molecule has 0 rings (SSSR count). The van der Waals surface area contributed by atoms with E-state index >= 15 is 0 Å². The number of hydrogen-bond acceptors (Lipinski definition) is 4. The van der Waals surface area contributed by atoms with Crippen molar-refractivity contribution in [3.05, 3.63) is 0 Å². The number of carbonyl (C=O) groups excluding carboxylic acids is 1. The Morgan fingerprint density at radius 3 is 2.00 bits per heavy atom. The van der Waals surface area contributed by atoms with Gasteiger partial charge < -0.3 is 32.9 Å². The van der Waals surface area contributed by atoms with Gasteiger partial charge in [0.25, 0.3) is 0 Å². The number of aliphatic carboxylic acids is 1. The Kier molecular flexibility index (Phi) is 9.64. The first kappa shape index (κ1) is 19.0. The van der Waals surface area contributed by atoms with Gasteiger partial charge in [-0.05, 0) is 6.42 Å². The number of nitrogens with two attached hydrogens (primary N) is 4. The number of carboxylic acids is 1. The molecule has 0 aromatic rings. The van der Waals surface area contributed by atoms with E-state index < -0.39 is 17.9 Å². The van der Waals surface area contributed by atoms with Crippen molar-refractivity contribution in [1.82, 2.24) is 4.90 Å². The summed E-state index contributed by atoms with van der Waals surface area (Å²) in [5.41, 5.74) is 19.8. The zero-order chi connectivity index (χ0) is 15.6. The monoisotopic (exact) mass is 275 g/mol. The van der Waals surface area contributed by atoms with Gasteiger partial charge in [0.2, 0.25) is 11.9 Å². The SMILES string of the molecule is CN(C)C(=N)N=C(N)N.NC(=O)CCC(N)C(=O)O. The second kappa shape index (κ2) is 9.65. The molecular weight excluding hydrogens is 254 g/mol. The van der Waals surface area contributed by atoms with Crippen LogP contribution in [0.4, 0.5) is 0 Å². The summed E-state index contributed by atoms with van der Waals surface area (Å²) in [6.45, 7) is 0. The van der Waals surface area contributed by atoms with Crippen molar-refractivity contribution in [2.75, 3.05) is 14.1 Å². The minimum atomic E-state index is -1.11. The smallest absolute Gasteiger partial charge is 0.320 e. The second-order valence-corrected chi connectivity index (χ2v) is 3.70. The lowest BCUT2D eigenvalue weighted by Crippen LogP contribution is -2.31. The van der Waals surface area contributed by atoms with E-state index in [1.807, 2.05) is 0 Å². The first-order chi connectivity index (χ1) is 8.57. The van der Waals surface area contributed by atoms with Crippen LogP contribution in [-0.4, -0.2) is 53.9 Å². The number of hydrogen-bond donors (Lipinski definition) is 6. The lowest BCUT2D eigenvalue weighted by Gasteiger charge is -2.07. The topological polar surface area (TPSA) is 198 Å². The number of aliphatic imine (C=N–C) groups is 1. The van der Waals surface area contributed by atoms with Crippen LogP contribution >= 0.6 is 0 Å². The van der Waals surface area contributed by atoms with Crippen LogP contribution in [0.2, 0.25) is 0 Å².